The van der Waals surface area contributed by atoms with Gasteiger partial charge in [0, 0.05) is 13.1 Å². The van der Waals surface area contributed by atoms with E-state index in [9.17, 15) is 45.5 Å². The quantitative estimate of drug-likeness (QED) is 0.322. The van der Waals surface area contributed by atoms with Crippen molar-refractivity contribution >= 4 is 24.0 Å². The Balaban J connectivity index is 5.91. The van der Waals surface area contributed by atoms with Crippen LogP contribution < -0.4 is 16.4 Å². The summed E-state index contributed by atoms with van der Waals surface area (Å²) in [5.74, 6) is -4.79. The van der Waals surface area contributed by atoms with E-state index < -0.39 is 73.2 Å². The fourth-order valence-corrected chi connectivity index (χ4v) is 2.43. The Morgan fingerprint density at radius 3 is 1.79 bits per heavy atom. The lowest BCUT2D eigenvalue weighted by molar-refractivity contribution is -0.176. The second kappa shape index (κ2) is 11.5. The van der Waals surface area contributed by atoms with Gasteiger partial charge in [-0.2, -0.15) is 26.3 Å². The first-order valence-corrected chi connectivity index (χ1v) is 9.76. The number of hydrogen-bond acceptors (Lipinski definition) is 6. The van der Waals surface area contributed by atoms with Crippen molar-refractivity contribution in [2.45, 2.75) is 77.2 Å². The summed E-state index contributed by atoms with van der Waals surface area (Å²) in [7, 11) is 0. The average molecular weight is 510 g/mol. The van der Waals surface area contributed by atoms with Gasteiger partial charge in [-0.05, 0) is 47.5 Å². The summed E-state index contributed by atoms with van der Waals surface area (Å²) in [5, 5.41) is 3.05. The van der Waals surface area contributed by atoms with Gasteiger partial charge in [-0.25, -0.2) is 9.59 Å². The van der Waals surface area contributed by atoms with Crippen LogP contribution in [0.5, 0.6) is 0 Å². The molecule has 198 valence electrons. The van der Waals surface area contributed by atoms with E-state index in [1.165, 1.54) is 39.9 Å². The number of ether oxygens (including phenoxy) is 2. The van der Waals surface area contributed by atoms with Crippen LogP contribution in [0.2, 0.25) is 0 Å². The summed E-state index contributed by atoms with van der Waals surface area (Å²) in [6.45, 7) is 5.35. The largest absolute Gasteiger partial charge is 0.471 e. The van der Waals surface area contributed by atoms with Crippen LogP contribution in [-0.2, 0) is 19.1 Å². The Morgan fingerprint density at radius 2 is 1.38 bits per heavy atom. The number of carbonyl (C=O) groups is 4. The zero-order valence-corrected chi connectivity index (χ0v) is 19.1. The Hall–Kier alpha value is -2.94. The highest BCUT2D eigenvalue weighted by Crippen LogP contribution is 2.22. The molecular weight excluding hydrogens is 482 g/mol. The number of hydrogen-bond donors (Lipinski definition) is 3. The molecule has 0 spiro atoms. The Morgan fingerprint density at radius 1 is 0.882 bits per heavy atom. The lowest BCUT2D eigenvalue weighted by Crippen LogP contribution is -2.57. The van der Waals surface area contributed by atoms with E-state index in [1.54, 1.807) is 5.32 Å². The number of amides is 4. The van der Waals surface area contributed by atoms with E-state index >= 15 is 0 Å². The van der Waals surface area contributed by atoms with Crippen LogP contribution in [0.15, 0.2) is 0 Å². The molecule has 34 heavy (non-hydrogen) atoms. The van der Waals surface area contributed by atoms with Gasteiger partial charge in [-0.1, -0.05) is 0 Å². The first-order valence-electron chi connectivity index (χ1n) is 9.76. The van der Waals surface area contributed by atoms with Gasteiger partial charge in [-0.15, -0.1) is 0 Å². The van der Waals surface area contributed by atoms with Gasteiger partial charge in [0.05, 0.1) is 0 Å². The Kier molecular flexibility index (Phi) is 10.5. The molecule has 16 heteroatoms. The molecule has 4 amide bonds. The van der Waals surface area contributed by atoms with Crippen LogP contribution in [0.25, 0.3) is 0 Å². The topological polar surface area (TPSA) is 140 Å². The molecule has 0 aromatic carbocycles. The minimum absolute atomic E-state index is 0.243. The predicted molar refractivity (Wildman–Crippen MR) is 104 cm³/mol. The first kappa shape index (κ1) is 31.1. The van der Waals surface area contributed by atoms with E-state index in [-0.39, 0.29) is 6.42 Å². The number of nitrogens with one attached hydrogen (secondary N) is 2. The van der Waals surface area contributed by atoms with Crippen molar-refractivity contribution < 1.29 is 55.0 Å². The van der Waals surface area contributed by atoms with E-state index in [1.807, 2.05) is 0 Å². The van der Waals surface area contributed by atoms with Crippen molar-refractivity contribution in [1.82, 2.24) is 15.5 Å². The minimum Gasteiger partial charge on any atom is -0.444 e. The van der Waals surface area contributed by atoms with Gasteiger partial charge < -0.3 is 25.8 Å². The smallest absolute Gasteiger partial charge is 0.444 e. The highest BCUT2D eigenvalue weighted by molar-refractivity contribution is 5.82. The van der Waals surface area contributed by atoms with E-state index in [0.717, 1.165) is 0 Å². The van der Waals surface area contributed by atoms with Gasteiger partial charge in [-0.3, -0.25) is 14.5 Å². The summed E-state index contributed by atoms with van der Waals surface area (Å²) in [4.78, 5) is 46.8. The van der Waals surface area contributed by atoms with Crippen LogP contribution in [0.3, 0.4) is 0 Å². The van der Waals surface area contributed by atoms with Crippen LogP contribution >= 0.6 is 0 Å². The Bertz CT molecular complexity index is 749. The van der Waals surface area contributed by atoms with E-state index in [0.29, 0.717) is 4.90 Å². The van der Waals surface area contributed by atoms with Crippen LogP contribution in [-0.4, -0.2) is 71.7 Å². The van der Waals surface area contributed by atoms with Gasteiger partial charge >= 0.3 is 36.4 Å². The van der Waals surface area contributed by atoms with Crippen molar-refractivity contribution in [3.8, 4) is 0 Å². The molecule has 1 atom stereocenters. The van der Waals surface area contributed by atoms with Gasteiger partial charge in [0.25, 0.3) is 0 Å². The molecule has 0 aliphatic rings. The maximum atomic E-state index is 12.9. The number of halogens is 6. The maximum Gasteiger partial charge on any atom is 0.471 e. The van der Waals surface area contributed by atoms with E-state index in [4.69, 9.17) is 15.2 Å². The summed E-state index contributed by atoms with van der Waals surface area (Å²) in [5.41, 5.74) is 2.41. The number of primary amides is 1. The molecule has 0 fully saturated rings. The van der Waals surface area contributed by atoms with Gasteiger partial charge in [0.15, 0.2) is 0 Å². The van der Waals surface area contributed by atoms with Crippen molar-refractivity contribution in [1.29, 1.82) is 0 Å². The number of nitrogens with two attached hydrogens (primary N) is 1. The van der Waals surface area contributed by atoms with Gasteiger partial charge in [0.2, 0.25) is 0 Å². The van der Waals surface area contributed by atoms with Crippen LogP contribution in [0.4, 0.5) is 35.9 Å². The molecule has 0 saturated heterocycles. The highest BCUT2D eigenvalue weighted by Gasteiger charge is 2.42. The van der Waals surface area contributed by atoms with Crippen molar-refractivity contribution in [2.24, 2.45) is 5.73 Å². The predicted octanol–water partition coefficient (Wildman–Crippen LogP) is 2.56. The Labute approximate surface area is 191 Å². The maximum absolute atomic E-state index is 12.9. The molecule has 0 rings (SSSR count). The van der Waals surface area contributed by atoms with Crippen molar-refractivity contribution in [3.63, 3.8) is 0 Å². The first-order chi connectivity index (χ1) is 15.0. The molecule has 0 heterocycles. The molecular formula is C18H28F6N4O6. The zero-order valence-electron chi connectivity index (χ0n) is 19.1. The summed E-state index contributed by atoms with van der Waals surface area (Å²) in [6.07, 6.45) is -15.6. The van der Waals surface area contributed by atoms with Crippen molar-refractivity contribution in [2.75, 3.05) is 13.1 Å². The molecule has 4 N–H and O–H groups in total. The lowest BCUT2D eigenvalue weighted by atomic mass is 10.0. The molecule has 0 aromatic rings. The number of rotatable bonds is 9. The number of nitrogens with zero attached hydrogens (tertiary/aromatic N) is 1. The molecule has 0 aliphatic heterocycles. The third-order valence-corrected chi connectivity index (χ3v) is 3.85. The van der Waals surface area contributed by atoms with Crippen LogP contribution in [0.1, 0.15) is 47.5 Å². The average Bonchev–Trinajstić information content (AvgIpc) is 2.57. The van der Waals surface area contributed by atoms with Crippen molar-refractivity contribution in [3.05, 3.63) is 0 Å². The minimum atomic E-state index is -5.36. The monoisotopic (exact) mass is 510 g/mol. The molecule has 1 unspecified atom stereocenters. The second-order valence-corrected chi connectivity index (χ2v) is 8.63. The third-order valence-electron chi connectivity index (χ3n) is 3.85. The summed E-state index contributed by atoms with van der Waals surface area (Å²) < 4.78 is 85.8. The van der Waals surface area contributed by atoms with Crippen LogP contribution in [0, 0.1) is 0 Å². The third kappa shape index (κ3) is 12.3. The SMILES string of the molecule is CC(C)(C)OC(=O)N(CCNC(=O)C(F)(F)F)C(CCC(C)(C)OC(N)=O)NC(=O)C(F)(F)F. The molecule has 10 nitrogen and oxygen atoms in total. The summed E-state index contributed by atoms with van der Waals surface area (Å²) >= 11 is 0. The standard InChI is InChI=1S/C18H28F6N4O6/c1-15(2,3)34-14(32)28(9-8-26-11(29)17(19,20)21)10(27-12(30)18(22,23)24)6-7-16(4,5)33-13(25)31/h10H,6-9H2,1-5H3,(H2,25,31)(H,26,29)(H,27,30). The lowest BCUT2D eigenvalue weighted by Gasteiger charge is -2.35. The highest BCUT2D eigenvalue weighted by atomic mass is 19.4. The van der Waals surface area contributed by atoms with Gasteiger partial charge in [0.1, 0.15) is 17.4 Å². The molecule has 0 aliphatic carbocycles. The number of alkyl halides is 6. The molecule has 0 saturated carbocycles. The molecule has 0 bridgehead atoms. The second-order valence-electron chi connectivity index (χ2n) is 8.63. The summed E-state index contributed by atoms with van der Waals surface area (Å²) in [6, 6.07) is 0. The van der Waals surface area contributed by atoms with E-state index in [2.05, 4.69) is 0 Å². The number of carbonyl (C=O) groups excluding carboxylic acids is 4. The fraction of sp³-hybridized carbons (Fsp3) is 0.778. The normalized spacial score (nSPS) is 13.5. The molecule has 0 radical (unpaired) electrons. The molecule has 0 aromatic heterocycles. The fourth-order valence-electron chi connectivity index (χ4n) is 2.43. The zero-order chi connectivity index (χ0) is 27.1.